The molecule has 8 N–H and O–H groups in total. The molecule has 1 saturated carbocycles. The van der Waals surface area contributed by atoms with E-state index in [1.54, 1.807) is 18.2 Å². The fourth-order valence-electron chi connectivity index (χ4n) is 3.39. The summed E-state index contributed by atoms with van der Waals surface area (Å²) in [5.74, 6) is 0.552. The lowest BCUT2D eigenvalue weighted by atomic mass is 9.91. The standard InChI is InChI=1S/C20H27N9O2/c1-31-17-7-6-12(10-16(17)29-25-9-8-21)26-19-13(18(23)30)11-24-20(28-19)27-15-5-3-2-4-14(15)22/h6-11,14-15,21,29H,2-5,22H2,1H3,(H2,23,30)(H2,24,26,27,28)/b21-8?,25-9-/t14-,15+/m0/s1. The average Bonchev–Trinajstić information content (AvgIpc) is 2.76. The second-order valence-corrected chi connectivity index (χ2v) is 7.12. The van der Waals surface area contributed by atoms with Gasteiger partial charge in [0, 0.05) is 30.2 Å². The van der Waals surface area contributed by atoms with E-state index in [0.29, 0.717) is 23.1 Å². The van der Waals surface area contributed by atoms with Crippen molar-refractivity contribution in [3.63, 3.8) is 0 Å². The maximum absolute atomic E-state index is 11.9. The number of nitrogens with one attached hydrogen (secondary N) is 4. The zero-order valence-electron chi connectivity index (χ0n) is 17.3. The predicted octanol–water partition coefficient (Wildman–Crippen LogP) is 2.06. The molecule has 2 aromatic rings. The van der Waals surface area contributed by atoms with Crippen molar-refractivity contribution < 1.29 is 9.53 Å². The van der Waals surface area contributed by atoms with Crippen molar-refractivity contribution in [1.82, 2.24) is 9.97 Å². The Labute approximate surface area is 180 Å². The molecule has 11 nitrogen and oxygen atoms in total. The predicted molar refractivity (Wildman–Crippen MR) is 122 cm³/mol. The number of aromatic nitrogens is 2. The van der Waals surface area contributed by atoms with Crippen LogP contribution >= 0.6 is 0 Å². The van der Waals surface area contributed by atoms with Crippen molar-refractivity contribution in [1.29, 1.82) is 5.41 Å². The molecule has 0 aliphatic heterocycles. The number of methoxy groups -OCH3 is 1. The van der Waals surface area contributed by atoms with Crippen LogP contribution in [0.5, 0.6) is 5.75 Å². The molecule has 0 saturated heterocycles. The van der Waals surface area contributed by atoms with Gasteiger partial charge in [0.1, 0.15) is 22.8 Å². The number of primary amides is 1. The molecule has 0 spiro atoms. The molecule has 0 radical (unpaired) electrons. The van der Waals surface area contributed by atoms with Crippen molar-refractivity contribution in [2.24, 2.45) is 16.6 Å². The molecule has 11 heteroatoms. The van der Waals surface area contributed by atoms with Gasteiger partial charge >= 0.3 is 0 Å². The quantitative estimate of drug-likeness (QED) is 0.261. The molecule has 3 rings (SSSR count). The van der Waals surface area contributed by atoms with Crippen molar-refractivity contribution in [3.05, 3.63) is 30.0 Å². The lowest BCUT2D eigenvalue weighted by Gasteiger charge is -2.29. The highest BCUT2D eigenvalue weighted by molar-refractivity contribution is 6.14. The van der Waals surface area contributed by atoms with Gasteiger partial charge in [-0.25, -0.2) is 4.98 Å². The third kappa shape index (κ3) is 5.66. The van der Waals surface area contributed by atoms with Crippen LogP contribution in [0.3, 0.4) is 0 Å². The second-order valence-electron chi connectivity index (χ2n) is 7.12. The summed E-state index contributed by atoms with van der Waals surface area (Å²) in [7, 11) is 1.54. The number of rotatable bonds is 9. The zero-order chi connectivity index (χ0) is 22.2. The summed E-state index contributed by atoms with van der Waals surface area (Å²) in [6.07, 6.45) is 7.84. The summed E-state index contributed by atoms with van der Waals surface area (Å²) < 4.78 is 5.31. The Morgan fingerprint density at radius 3 is 2.87 bits per heavy atom. The maximum atomic E-state index is 11.9. The van der Waals surface area contributed by atoms with Gasteiger partial charge in [-0.2, -0.15) is 10.1 Å². The van der Waals surface area contributed by atoms with Gasteiger partial charge in [-0.15, -0.1) is 0 Å². The molecule has 31 heavy (non-hydrogen) atoms. The molecule has 1 aromatic heterocycles. The number of hydrazone groups is 1. The summed E-state index contributed by atoms with van der Waals surface area (Å²) in [6, 6.07) is 5.33. The second kappa shape index (κ2) is 10.3. The molecule has 0 bridgehead atoms. The van der Waals surface area contributed by atoms with Crippen LogP contribution in [0, 0.1) is 5.41 Å². The fraction of sp³-hybridized carbons (Fsp3) is 0.350. The van der Waals surface area contributed by atoms with Crippen LogP contribution in [0.2, 0.25) is 0 Å². The van der Waals surface area contributed by atoms with Crippen LogP contribution in [-0.4, -0.2) is 47.5 Å². The molecule has 1 fully saturated rings. The highest BCUT2D eigenvalue weighted by Gasteiger charge is 2.23. The first-order valence-corrected chi connectivity index (χ1v) is 9.94. The summed E-state index contributed by atoms with van der Waals surface area (Å²) in [6.45, 7) is 0. The van der Waals surface area contributed by atoms with E-state index in [9.17, 15) is 4.79 Å². The third-order valence-electron chi connectivity index (χ3n) is 4.98. The first-order valence-electron chi connectivity index (χ1n) is 9.94. The highest BCUT2D eigenvalue weighted by Crippen LogP contribution is 2.30. The highest BCUT2D eigenvalue weighted by atomic mass is 16.5. The van der Waals surface area contributed by atoms with Gasteiger partial charge in [0.25, 0.3) is 5.91 Å². The monoisotopic (exact) mass is 425 g/mol. The third-order valence-corrected chi connectivity index (χ3v) is 4.98. The number of hydrogen-bond donors (Lipinski definition) is 6. The van der Waals surface area contributed by atoms with E-state index in [1.165, 1.54) is 19.5 Å². The van der Waals surface area contributed by atoms with E-state index in [0.717, 1.165) is 31.9 Å². The Hall–Kier alpha value is -3.73. The zero-order valence-corrected chi connectivity index (χ0v) is 17.3. The number of amides is 1. The van der Waals surface area contributed by atoms with Gasteiger partial charge in [-0.1, -0.05) is 12.8 Å². The first kappa shape index (κ1) is 22.0. The van der Waals surface area contributed by atoms with Gasteiger partial charge in [0.15, 0.2) is 0 Å². The summed E-state index contributed by atoms with van der Waals surface area (Å²) >= 11 is 0. The summed E-state index contributed by atoms with van der Waals surface area (Å²) in [4.78, 5) is 20.6. The normalized spacial score (nSPS) is 18.4. The van der Waals surface area contributed by atoms with Crippen molar-refractivity contribution in [2.45, 2.75) is 37.8 Å². The van der Waals surface area contributed by atoms with Gasteiger partial charge in [0.2, 0.25) is 5.95 Å². The maximum Gasteiger partial charge on any atom is 0.254 e. The van der Waals surface area contributed by atoms with E-state index in [2.05, 4.69) is 31.1 Å². The molecule has 164 valence electrons. The lowest BCUT2D eigenvalue weighted by molar-refractivity contribution is 0.100. The minimum Gasteiger partial charge on any atom is -0.495 e. The minimum absolute atomic E-state index is 0.0290. The molecule has 0 unspecified atom stereocenters. The molecule has 1 amide bonds. The van der Waals surface area contributed by atoms with Crippen molar-refractivity contribution >= 4 is 41.5 Å². The molecular weight excluding hydrogens is 398 g/mol. The van der Waals surface area contributed by atoms with E-state index >= 15 is 0 Å². The van der Waals surface area contributed by atoms with Crippen LogP contribution < -0.4 is 32.3 Å². The van der Waals surface area contributed by atoms with Gasteiger partial charge in [0.05, 0.1) is 13.3 Å². The molecule has 1 heterocycles. The minimum atomic E-state index is -0.647. The lowest BCUT2D eigenvalue weighted by Crippen LogP contribution is -2.43. The van der Waals surface area contributed by atoms with E-state index < -0.39 is 5.91 Å². The summed E-state index contributed by atoms with van der Waals surface area (Å²) in [5.41, 5.74) is 15.9. The summed E-state index contributed by atoms with van der Waals surface area (Å²) in [5, 5.41) is 17.3. The molecule has 1 aliphatic rings. The fourth-order valence-corrected chi connectivity index (χ4v) is 3.39. The number of ether oxygens (including phenoxy) is 1. The topological polar surface area (TPSA) is 176 Å². The van der Waals surface area contributed by atoms with Crippen LogP contribution in [0.25, 0.3) is 0 Å². The van der Waals surface area contributed by atoms with E-state index in [1.807, 2.05) is 0 Å². The number of nitrogens with two attached hydrogens (primary N) is 2. The number of benzene rings is 1. The Morgan fingerprint density at radius 2 is 2.16 bits per heavy atom. The van der Waals surface area contributed by atoms with Crippen LogP contribution in [-0.2, 0) is 0 Å². The van der Waals surface area contributed by atoms with Crippen molar-refractivity contribution in [2.75, 3.05) is 23.2 Å². The molecule has 1 aliphatic carbocycles. The molecular formula is C20H27N9O2. The molecule has 2 atom stereocenters. The van der Waals surface area contributed by atoms with Gasteiger partial charge < -0.3 is 32.2 Å². The van der Waals surface area contributed by atoms with E-state index in [-0.39, 0.29) is 23.5 Å². The smallest absolute Gasteiger partial charge is 0.254 e. The first-order chi connectivity index (χ1) is 15.0. The SMILES string of the molecule is COc1ccc(Nc2nc(N[C@@H]3CCCC[C@@H]3N)ncc2C(N)=O)cc1N/N=C\C=N. The van der Waals surface area contributed by atoms with Crippen molar-refractivity contribution in [3.8, 4) is 5.75 Å². The van der Waals surface area contributed by atoms with Gasteiger partial charge in [-0.3, -0.25) is 10.2 Å². The average molecular weight is 425 g/mol. The van der Waals surface area contributed by atoms with E-state index in [4.69, 9.17) is 21.6 Å². The number of anilines is 4. The number of carbonyl (C=O) groups is 1. The Bertz CT molecular complexity index is 964. The number of hydrogen-bond acceptors (Lipinski definition) is 10. The largest absolute Gasteiger partial charge is 0.495 e. The van der Waals surface area contributed by atoms with Crippen LogP contribution in [0.15, 0.2) is 29.5 Å². The van der Waals surface area contributed by atoms with Crippen LogP contribution in [0.1, 0.15) is 36.0 Å². The number of nitrogens with zero attached hydrogens (tertiary/aromatic N) is 3. The Balaban J connectivity index is 1.86. The van der Waals surface area contributed by atoms with Gasteiger partial charge in [-0.05, 0) is 31.0 Å². The Kier molecular flexibility index (Phi) is 7.33. The number of carbonyl (C=O) groups excluding carboxylic acids is 1. The van der Waals surface area contributed by atoms with Crippen LogP contribution in [0.4, 0.5) is 23.1 Å². The Morgan fingerprint density at radius 1 is 1.35 bits per heavy atom. The molecule has 1 aromatic carbocycles.